The Morgan fingerprint density at radius 2 is 1.74 bits per heavy atom. The van der Waals surface area contributed by atoms with E-state index >= 15 is 4.39 Å². The molecular formula is C24H22FN5O2S2. The summed E-state index contributed by atoms with van der Waals surface area (Å²) in [6.07, 6.45) is 3.54. The smallest absolute Gasteiger partial charge is 0.239 e. The van der Waals surface area contributed by atoms with Crippen LogP contribution in [0.5, 0.6) is 0 Å². The topological polar surface area (TPSA) is 102 Å². The number of nitrogens with two attached hydrogens (primary N) is 1. The molecule has 0 bridgehead atoms. The first-order chi connectivity index (χ1) is 16.1. The lowest BCUT2D eigenvalue weighted by molar-refractivity contribution is 0.467. The first kappa shape index (κ1) is 22.4. The van der Waals surface area contributed by atoms with Gasteiger partial charge in [0.1, 0.15) is 11.4 Å². The average Bonchev–Trinajstić information content (AvgIpc) is 3.15. The summed E-state index contributed by atoms with van der Waals surface area (Å²) in [5, 5.41) is 0.426. The van der Waals surface area contributed by atoms with Crippen molar-refractivity contribution in [2.75, 3.05) is 12.8 Å². The number of aromatic nitrogens is 2. The molecule has 3 heterocycles. The zero-order chi connectivity index (χ0) is 24.3. The minimum atomic E-state index is -3.71. The van der Waals surface area contributed by atoms with E-state index in [0.29, 0.717) is 11.2 Å². The van der Waals surface area contributed by atoms with Crippen LogP contribution in [0.25, 0.3) is 32.6 Å². The van der Waals surface area contributed by atoms with Crippen molar-refractivity contribution in [3.63, 3.8) is 0 Å². The number of hydrogen-bond acceptors (Lipinski definition) is 7. The van der Waals surface area contributed by atoms with E-state index in [0.717, 1.165) is 31.3 Å². The Bertz CT molecular complexity index is 1550. The molecule has 1 atom stereocenters. The molecule has 0 saturated carbocycles. The molecule has 34 heavy (non-hydrogen) atoms. The average molecular weight is 496 g/mol. The van der Waals surface area contributed by atoms with Crippen LogP contribution in [-0.2, 0) is 15.6 Å². The minimum absolute atomic E-state index is 0.153. The van der Waals surface area contributed by atoms with Crippen molar-refractivity contribution < 1.29 is 12.8 Å². The third-order valence-corrected chi connectivity index (χ3v) is 9.36. The molecule has 0 amide bonds. The molecule has 2 aromatic heterocycles. The Labute approximate surface area is 200 Å². The molecule has 0 aliphatic carbocycles. The zero-order valence-electron chi connectivity index (χ0n) is 18.8. The molecule has 1 aliphatic rings. The lowest BCUT2D eigenvalue weighted by atomic mass is 10.00. The van der Waals surface area contributed by atoms with E-state index in [-0.39, 0.29) is 16.6 Å². The maximum absolute atomic E-state index is 15.6. The fourth-order valence-corrected chi connectivity index (χ4v) is 6.90. The fraction of sp³-hybridized carbons (Fsp3) is 0.208. The number of fused-ring (bicyclic) bond motifs is 1. The quantitative estimate of drug-likeness (QED) is 0.457. The van der Waals surface area contributed by atoms with Gasteiger partial charge in [0.2, 0.25) is 16.0 Å². The molecule has 1 aliphatic heterocycles. The van der Waals surface area contributed by atoms with Crippen LogP contribution in [0.1, 0.15) is 17.4 Å². The fourth-order valence-electron chi connectivity index (χ4n) is 4.07. The predicted molar refractivity (Wildman–Crippen MR) is 134 cm³/mol. The predicted octanol–water partition coefficient (Wildman–Crippen LogP) is 4.28. The Hall–Kier alpha value is -3.37. The number of guanidine groups is 1. The Morgan fingerprint density at radius 1 is 1.09 bits per heavy atom. The summed E-state index contributed by atoms with van der Waals surface area (Å²) >= 11 is 1.21. The van der Waals surface area contributed by atoms with Crippen LogP contribution in [0.4, 0.5) is 4.39 Å². The molecule has 0 saturated heterocycles. The van der Waals surface area contributed by atoms with Crippen molar-refractivity contribution in [2.45, 2.75) is 19.4 Å². The number of thiophene rings is 1. The van der Waals surface area contributed by atoms with Gasteiger partial charge in [-0.15, -0.1) is 11.3 Å². The second-order valence-corrected chi connectivity index (χ2v) is 11.6. The summed E-state index contributed by atoms with van der Waals surface area (Å²) in [5.41, 5.74) is 8.17. The summed E-state index contributed by atoms with van der Waals surface area (Å²) in [5.74, 6) is -0.349. The highest BCUT2D eigenvalue weighted by Gasteiger charge is 2.43. The summed E-state index contributed by atoms with van der Waals surface area (Å²) < 4.78 is 42.5. The van der Waals surface area contributed by atoms with Gasteiger partial charge in [0.05, 0.1) is 10.6 Å². The summed E-state index contributed by atoms with van der Waals surface area (Å²) in [4.78, 5) is 13.3. The number of aryl methyl sites for hydroxylation is 1. The van der Waals surface area contributed by atoms with Gasteiger partial charge in [0.15, 0.2) is 5.82 Å². The summed E-state index contributed by atoms with van der Waals surface area (Å²) in [6.45, 7) is 3.54. The van der Waals surface area contributed by atoms with Gasteiger partial charge in [-0.1, -0.05) is 42.5 Å². The highest BCUT2D eigenvalue weighted by Crippen LogP contribution is 2.44. The molecule has 0 fully saturated rings. The normalized spacial score (nSPS) is 19.9. The van der Waals surface area contributed by atoms with Crippen LogP contribution >= 0.6 is 11.3 Å². The number of rotatable bonds is 3. The molecule has 0 radical (unpaired) electrons. The van der Waals surface area contributed by atoms with E-state index in [1.54, 1.807) is 31.5 Å². The largest absolute Gasteiger partial charge is 0.369 e. The van der Waals surface area contributed by atoms with Gasteiger partial charge < -0.3 is 5.73 Å². The maximum Gasteiger partial charge on any atom is 0.239 e. The lowest BCUT2D eigenvalue weighted by Gasteiger charge is -2.33. The van der Waals surface area contributed by atoms with Gasteiger partial charge in [0, 0.05) is 35.1 Å². The molecule has 0 spiro atoms. The maximum atomic E-state index is 15.6. The first-order valence-corrected chi connectivity index (χ1v) is 12.9. The monoisotopic (exact) mass is 495 g/mol. The van der Waals surface area contributed by atoms with Crippen LogP contribution < -0.4 is 5.73 Å². The second-order valence-electron chi connectivity index (χ2n) is 8.56. The standard InChI is InChI=1S/C24H22FN5O2S2/c1-14-11-27-22(28-12-14)16-9-7-15(8-10-16)17-5-4-6-18-19(25)21(33-20(17)18)24(2)13-34(31,32)30(3)23(26)29-24/h4-12H,13H2,1-3H3,(H2,26,29)/t24-/m0/s1. The van der Waals surface area contributed by atoms with E-state index in [1.807, 2.05) is 37.3 Å². The number of halogens is 1. The first-order valence-electron chi connectivity index (χ1n) is 10.5. The number of aliphatic imine (C=N–C) groups is 1. The highest BCUT2D eigenvalue weighted by molar-refractivity contribution is 7.89. The van der Waals surface area contributed by atoms with Crippen molar-refractivity contribution in [3.8, 4) is 22.5 Å². The van der Waals surface area contributed by atoms with E-state index in [1.165, 1.54) is 18.4 Å². The Kier molecular flexibility index (Phi) is 5.18. The molecular weight excluding hydrogens is 473 g/mol. The van der Waals surface area contributed by atoms with E-state index in [4.69, 9.17) is 5.73 Å². The second kappa shape index (κ2) is 7.85. The van der Waals surface area contributed by atoms with E-state index < -0.39 is 21.4 Å². The number of sulfonamides is 1. The van der Waals surface area contributed by atoms with Crippen LogP contribution in [0.3, 0.4) is 0 Å². The van der Waals surface area contributed by atoms with Crippen molar-refractivity contribution >= 4 is 37.4 Å². The Morgan fingerprint density at radius 3 is 2.38 bits per heavy atom. The summed E-state index contributed by atoms with van der Waals surface area (Å²) in [7, 11) is -2.37. The van der Waals surface area contributed by atoms with Crippen LogP contribution in [0, 0.1) is 12.7 Å². The lowest BCUT2D eigenvalue weighted by Crippen LogP contribution is -2.50. The van der Waals surface area contributed by atoms with Crippen LogP contribution in [0.2, 0.25) is 0 Å². The van der Waals surface area contributed by atoms with Gasteiger partial charge in [-0.05, 0) is 30.5 Å². The minimum Gasteiger partial charge on any atom is -0.369 e. The van der Waals surface area contributed by atoms with Crippen molar-refractivity contribution in [1.29, 1.82) is 0 Å². The molecule has 7 nitrogen and oxygen atoms in total. The molecule has 174 valence electrons. The molecule has 2 aromatic carbocycles. The van der Waals surface area contributed by atoms with Crippen LogP contribution in [0.15, 0.2) is 59.9 Å². The molecule has 2 N–H and O–H groups in total. The highest BCUT2D eigenvalue weighted by atomic mass is 32.2. The van der Waals surface area contributed by atoms with E-state index in [9.17, 15) is 8.42 Å². The molecule has 5 rings (SSSR count). The molecule has 4 aromatic rings. The van der Waals surface area contributed by atoms with Gasteiger partial charge in [-0.3, -0.25) is 0 Å². The van der Waals surface area contributed by atoms with Gasteiger partial charge in [-0.25, -0.2) is 32.1 Å². The van der Waals surface area contributed by atoms with Gasteiger partial charge in [0.25, 0.3) is 0 Å². The number of nitrogens with zero attached hydrogens (tertiary/aromatic N) is 4. The third kappa shape index (κ3) is 3.63. The number of hydrogen-bond donors (Lipinski definition) is 1. The van der Waals surface area contributed by atoms with Crippen LogP contribution in [-0.4, -0.2) is 41.5 Å². The SMILES string of the molecule is Cc1cnc(-c2ccc(-c3cccc4c(F)c([C@]5(C)CS(=O)(=O)N(C)C(N)=N5)sc34)cc2)nc1. The van der Waals surface area contributed by atoms with Gasteiger partial charge >= 0.3 is 0 Å². The molecule has 0 unspecified atom stereocenters. The molecule has 10 heteroatoms. The van der Waals surface area contributed by atoms with Crippen molar-refractivity contribution in [3.05, 3.63) is 71.1 Å². The zero-order valence-corrected chi connectivity index (χ0v) is 20.4. The summed E-state index contributed by atoms with van der Waals surface area (Å²) in [6, 6.07) is 13.2. The Balaban J connectivity index is 1.60. The van der Waals surface area contributed by atoms with Crippen molar-refractivity contribution in [2.24, 2.45) is 10.7 Å². The third-order valence-electron chi connectivity index (χ3n) is 5.94. The van der Waals surface area contributed by atoms with E-state index in [2.05, 4.69) is 15.0 Å². The van der Waals surface area contributed by atoms with Crippen molar-refractivity contribution in [1.82, 2.24) is 14.3 Å². The number of benzene rings is 2. The van der Waals surface area contributed by atoms with Gasteiger partial charge in [-0.2, -0.15) is 0 Å².